The lowest BCUT2D eigenvalue weighted by atomic mass is 9.84. The molecule has 1 N–H and O–H groups in total. The molecule has 1 aliphatic heterocycles. The lowest BCUT2D eigenvalue weighted by Crippen LogP contribution is -2.33. The maximum absolute atomic E-state index is 11.4. The molecule has 1 fully saturated rings. The number of furan rings is 1. The van der Waals surface area contributed by atoms with Crippen LogP contribution < -0.4 is 0 Å². The highest BCUT2D eigenvalue weighted by Gasteiger charge is 2.43. The number of hydrogen-bond acceptors (Lipinski definition) is 5. The zero-order chi connectivity index (χ0) is 14.9. The monoisotopic (exact) mass is 290 g/mol. The molecule has 0 amide bonds. The Balaban J connectivity index is 1.67. The van der Waals surface area contributed by atoms with Gasteiger partial charge in [-0.2, -0.15) is 0 Å². The van der Waals surface area contributed by atoms with Gasteiger partial charge in [0.2, 0.25) is 5.76 Å². The molecule has 2 aromatic heterocycles. The van der Waals surface area contributed by atoms with Crippen molar-refractivity contribution in [2.45, 2.75) is 26.3 Å². The second-order valence-electron chi connectivity index (χ2n) is 5.56. The third kappa shape index (κ3) is 2.58. The Labute approximate surface area is 122 Å². The van der Waals surface area contributed by atoms with Gasteiger partial charge < -0.3 is 14.0 Å². The molecule has 112 valence electrons. The molecule has 3 heterocycles. The first-order valence-corrected chi connectivity index (χ1v) is 7.08. The van der Waals surface area contributed by atoms with E-state index in [0.717, 1.165) is 12.2 Å². The number of carbonyl (C=O) groups is 1. The number of carboxylic acid groups (broad SMARTS) is 1. The van der Waals surface area contributed by atoms with Crippen LogP contribution in [0.4, 0.5) is 0 Å². The van der Waals surface area contributed by atoms with E-state index >= 15 is 0 Å². The SMILES string of the molecule is CCC1(C(=O)O)CCN(Cc2cc(-c3ccco3)on2)C1. The minimum absolute atomic E-state index is 0.557. The summed E-state index contributed by atoms with van der Waals surface area (Å²) in [6, 6.07) is 5.44. The fraction of sp³-hybridized carbons (Fsp3) is 0.467. The van der Waals surface area contributed by atoms with Crippen molar-refractivity contribution >= 4 is 5.97 Å². The largest absolute Gasteiger partial charge is 0.481 e. The van der Waals surface area contributed by atoms with E-state index in [9.17, 15) is 9.90 Å². The van der Waals surface area contributed by atoms with Crippen molar-refractivity contribution in [3.05, 3.63) is 30.2 Å². The maximum Gasteiger partial charge on any atom is 0.310 e. The molecule has 6 heteroatoms. The molecule has 1 unspecified atom stereocenters. The first kappa shape index (κ1) is 13.9. The number of hydrogen-bond donors (Lipinski definition) is 1. The fourth-order valence-corrected chi connectivity index (χ4v) is 2.86. The zero-order valence-electron chi connectivity index (χ0n) is 11.9. The van der Waals surface area contributed by atoms with Crippen molar-refractivity contribution in [3.63, 3.8) is 0 Å². The van der Waals surface area contributed by atoms with Gasteiger partial charge in [0.15, 0.2) is 5.76 Å². The summed E-state index contributed by atoms with van der Waals surface area (Å²) < 4.78 is 10.5. The lowest BCUT2D eigenvalue weighted by molar-refractivity contribution is -0.148. The number of likely N-dealkylation sites (tertiary alicyclic amines) is 1. The molecule has 6 nitrogen and oxygen atoms in total. The van der Waals surface area contributed by atoms with E-state index in [4.69, 9.17) is 8.94 Å². The summed E-state index contributed by atoms with van der Waals surface area (Å²) in [5.41, 5.74) is 0.173. The molecule has 0 aromatic carbocycles. The first-order chi connectivity index (χ1) is 10.1. The molecule has 0 saturated carbocycles. The quantitative estimate of drug-likeness (QED) is 0.911. The second-order valence-corrected chi connectivity index (χ2v) is 5.56. The average molecular weight is 290 g/mol. The Kier molecular flexibility index (Phi) is 3.55. The number of nitrogens with zero attached hydrogens (tertiary/aromatic N) is 2. The highest BCUT2D eigenvalue weighted by molar-refractivity contribution is 5.75. The minimum atomic E-state index is -0.705. The lowest BCUT2D eigenvalue weighted by Gasteiger charge is -2.22. The molecule has 0 aliphatic carbocycles. The number of aliphatic carboxylic acids is 1. The van der Waals surface area contributed by atoms with Gasteiger partial charge in [0.05, 0.1) is 17.4 Å². The van der Waals surface area contributed by atoms with Crippen LogP contribution in [0.1, 0.15) is 25.5 Å². The van der Waals surface area contributed by atoms with Gasteiger partial charge in [-0.25, -0.2) is 0 Å². The van der Waals surface area contributed by atoms with Crippen molar-refractivity contribution in [3.8, 4) is 11.5 Å². The minimum Gasteiger partial charge on any atom is -0.481 e. The van der Waals surface area contributed by atoms with Gasteiger partial charge in [0.1, 0.15) is 0 Å². The summed E-state index contributed by atoms with van der Waals surface area (Å²) in [6.07, 6.45) is 2.91. The maximum atomic E-state index is 11.4. The van der Waals surface area contributed by atoms with E-state index in [1.807, 2.05) is 19.1 Å². The molecule has 1 atom stereocenters. The summed E-state index contributed by atoms with van der Waals surface area (Å²) in [7, 11) is 0. The van der Waals surface area contributed by atoms with E-state index < -0.39 is 11.4 Å². The Morgan fingerprint density at radius 3 is 3.00 bits per heavy atom. The molecule has 1 saturated heterocycles. The molecular formula is C15H18N2O4. The normalized spacial score (nSPS) is 22.7. The summed E-state index contributed by atoms with van der Waals surface area (Å²) >= 11 is 0. The third-order valence-electron chi connectivity index (χ3n) is 4.27. The third-order valence-corrected chi connectivity index (χ3v) is 4.27. The van der Waals surface area contributed by atoms with Crippen molar-refractivity contribution in [2.24, 2.45) is 5.41 Å². The van der Waals surface area contributed by atoms with E-state index in [-0.39, 0.29) is 0 Å². The summed E-state index contributed by atoms with van der Waals surface area (Å²) in [6.45, 7) is 3.85. The Morgan fingerprint density at radius 1 is 1.52 bits per heavy atom. The van der Waals surface area contributed by atoms with Crippen LogP contribution >= 0.6 is 0 Å². The number of rotatable bonds is 5. The van der Waals surface area contributed by atoms with E-state index in [2.05, 4.69) is 10.1 Å². The fourth-order valence-electron chi connectivity index (χ4n) is 2.86. The molecule has 2 aromatic rings. The molecule has 0 spiro atoms. The van der Waals surface area contributed by atoms with Crippen LogP contribution in [0.2, 0.25) is 0 Å². The summed E-state index contributed by atoms with van der Waals surface area (Å²) in [4.78, 5) is 13.6. The van der Waals surface area contributed by atoms with Crippen LogP contribution in [0.25, 0.3) is 11.5 Å². The predicted molar refractivity (Wildman–Crippen MR) is 74.5 cm³/mol. The van der Waals surface area contributed by atoms with Crippen molar-refractivity contribution < 1.29 is 18.8 Å². The van der Waals surface area contributed by atoms with Gasteiger partial charge >= 0.3 is 5.97 Å². The molecular weight excluding hydrogens is 272 g/mol. The van der Waals surface area contributed by atoms with Crippen LogP contribution in [-0.2, 0) is 11.3 Å². The van der Waals surface area contributed by atoms with Crippen LogP contribution in [0.15, 0.2) is 33.4 Å². The molecule has 0 bridgehead atoms. The van der Waals surface area contributed by atoms with Crippen molar-refractivity contribution in [1.29, 1.82) is 0 Å². The van der Waals surface area contributed by atoms with E-state index in [1.165, 1.54) is 0 Å². The molecule has 1 aliphatic rings. The van der Waals surface area contributed by atoms with Gasteiger partial charge in [0.25, 0.3) is 0 Å². The van der Waals surface area contributed by atoms with E-state index in [0.29, 0.717) is 37.5 Å². The Hall–Kier alpha value is -2.08. The molecule has 21 heavy (non-hydrogen) atoms. The topological polar surface area (TPSA) is 79.7 Å². The zero-order valence-corrected chi connectivity index (χ0v) is 11.9. The van der Waals surface area contributed by atoms with Crippen LogP contribution in [-0.4, -0.2) is 34.2 Å². The predicted octanol–water partition coefficient (Wildman–Crippen LogP) is 2.62. The summed E-state index contributed by atoms with van der Waals surface area (Å²) in [5.74, 6) is 0.529. The van der Waals surface area contributed by atoms with Crippen molar-refractivity contribution in [1.82, 2.24) is 10.1 Å². The van der Waals surface area contributed by atoms with Crippen molar-refractivity contribution in [2.75, 3.05) is 13.1 Å². The first-order valence-electron chi connectivity index (χ1n) is 7.08. The van der Waals surface area contributed by atoms with Gasteiger partial charge in [-0.15, -0.1) is 0 Å². The van der Waals surface area contributed by atoms with Gasteiger partial charge in [-0.05, 0) is 31.5 Å². The van der Waals surface area contributed by atoms with Gasteiger partial charge in [0, 0.05) is 19.2 Å². The number of aromatic nitrogens is 1. The highest BCUT2D eigenvalue weighted by atomic mass is 16.5. The second kappa shape index (κ2) is 5.37. The van der Waals surface area contributed by atoms with Crippen LogP contribution in [0.5, 0.6) is 0 Å². The molecule has 3 rings (SSSR count). The van der Waals surface area contributed by atoms with Crippen LogP contribution in [0.3, 0.4) is 0 Å². The van der Waals surface area contributed by atoms with E-state index in [1.54, 1.807) is 12.3 Å². The standard InChI is InChI=1S/C15H18N2O4/c1-2-15(14(18)19)5-6-17(10-15)9-11-8-13(21-16-11)12-4-3-7-20-12/h3-4,7-8H,2,5-6,9-10H2,1H3,(H,18,19). The summed E-state index contributed by atoms with van der Waals surface area (Å²) in [5, 5.41) is 13.4. The number of carboxylic acids is 1. The Morgan fingerprint density at radius 2 is 2.38 bits per heavy atom. The van der Waals surface area contributed by atoms with Gasteiger partial charge in [-0.3, -0.25) is 9.69 Å². The Bertz CT molecular complexity index is 619. The smallest absolute Gasteiger partial charge is 0.310 e. The highest BCUT2D eigenvalue weighted by Crippen LogP contribution is 2.35. The van der Waals surface area contributed by atoms with Gasteiger partial charge in [-0.1, -0.05) is 12.1 Å². The van der Waals surface area contributed by atoms with Crippen LogP contribution in [0, 0.1) is 5.41 Å². The molecule has 0 radical (unpaired) electrons. The average Bonchev–Trinajstić information content (AvgIpc) is 3.19.